The van der Waals surface area contributed by atoms with Crippen molar-refractivity contribution in [3.8, 4) is 0 Å². The van der Waals surface area contributed by atoms with Crippen LogP contribution in [0.1, 0.15) is 41.0 Å². The van der Waals surface area contributed by atoms with Gasteiger partial charge < -0.3 is 4.90 Å². The van der Waals surface area contributed by atoms with E-state index < -0.39 is 0 Å². The Morgan fingerprint density at radius 3 is 1.83 bits per heavy atom. The van der Waals surface area contributed by atoms with E-state index in [-0.39, 0.29) is 29.6 Å². The zero-order valence-electron chi connectivity index (χ0n) is 14.3. The molecule has 5 rings (SSSR count). The molecule has 0 fully saturated rings. The van der Waals surface area contributed by atoms with E-state index in [4.69, 9.17) is 0 Å². The topological polar surface area (TPSA) is 32.7 Å². The molecule has 0 N–H and O–H groups in total. The van der Waals surface area contributed by atoms with Crippen molar-refractivity contribution >= 4 is 12.2 Å². The van der Waals surface area contributed by atoms with Gasteiger partial charge in [0.1, 0.15) is 0 Å². The average Bonchev–Trinajstić information content (AvgIpc) is 2.59. The Morgan fingerprint density at radius 1 is 0.917 bits per heavy atom. The van der Waals surface area contributed by atoms with E-state index in [2.05, 4.69) is 60.4 Å². The van der Waals surface area contributed by atoms with Gasteiger partial charge in [0, 0.05) is 25.9 Å². The van der Waals surface area contributed by atoms with Crippen molar-refractivity contribution in [2.24, 2.45) is 16.8 Å². The van der Waals surface area contributed by atoms with Crippen LogP contribution in [0.25, 0.3) is 0 Å². The van der Waals surface area contributed by atoms with Crippen LogP contribution in [0.3, 0.4) is 0 Å². The summed E-state index contributed by atoms with van der Waals surface area (Å²) in [6, 6.07) is 17.2. The quantitative estimate of drug-likeness (QED) is 0.625. The lowest BCUT2D eigenvalue weighted by atomic mass is 9.54. The van der Waals surface area contributed by atoms with Gasteiger partial charge in [0.2, 0.25) is 0 Å². The first-order valence-corrected chi connectivity index (χ1v) is 8.51. The normalized spacial score (nSPS) is 27.0. The van der Waals surface area contributed by atoms with E-state index >= 15 is 0 Å². The molecule has 0 saturated heterocycles. The number of hydrogen-bond acceptors (Lipinski definition) is 1. The molecular weight excluding hydrogens is 296 g/mol. The highest BCUT2D eigenvalue weighted by atomic mass is 16.1. The van der Waals surface area contributed by atoms with Gasteiger partial charge in [-0.05, 0) is 28.2 Å². The second-order valence-electron chi connectivity index (χ2n) is 7.14. The number of nitrogens with zero attached hydrogens (tertiary/aromatic N) is 2. The second kappa shape index (κ2) is 5.59. The molecule has 0 spiro atoms. The zero-order chi connectivity index (χ0) is 16.8. The molecule has 2 aromatic carbocycles. The molecule has 24 heavy (non-hydrogen) atoms. The molecule has 1 amide bonds. The van der Waals surface area contributed by atoms with Crippen molar-refractivity contribution in [3.05, 3.63) is 70.8 Å². The third-order valence-electron chi connectivity index (χ3n) is 5.48. The number of benzene rings is 2. The Balaban J connectivity index is 1.87. The Labute approximate surface area is 143 Å². The van der Waals surface area contributed by atoms with Crippen LogP contribution in [0.4, 0.5) is 0 Å². The number of amides is 1. The van der Waals surface area contributed by atoms with Crippen LogP contribution in [0.2, 0.25) is 0 Å². The van der Waals surface area contributed by atoms with E-state index in [0.717, 1.165) is 0 Å². The molecule has 0 aromatic heterocycles. The van der Waals surface area contributed by atoms with E-state index in [1.807, 2.05) is 19.0 Å². The average molecular weight is 318 g/mol. The van der Waals surface area contributed by atoms with Crippen molar-refractivity contribution < 1.29 is 4.79 Å². The number of carbonyl (C=O) groups is 1. The molecule has 0 aliphatic heterocycles. The minimum absolute atomic E-state index is 0.00444. The first-order chi connectivity index (χ1) is 11.6. The first-order valence-electron chi connectivity index (χ1n) is 8.51. The van der Waals surface area contributed by atoms with Crippen LogP contribution in [-0.2, 0) is 4.79 Å². The van der Waals surface area contributed by atoms with Gasteiger partial charge in [-0.1, -0.05) is 55.5 Å². The second-order valence-corrected chi connectivity index (χ2v) is 7.14. The lowest BCUT2D eigenvalue weighted by Gasteiger charge is -2.48. The first kappa shape index (κ1) is 15.1. The number of aliphatic imine (C=N–C) groups is 1. The van der Waals surface area contributed by atoms with E-state index in [1.165, 1.54) is 22.3 Å². The van der Waals surface area contributed by atoms with Crippen LogP contribution in [0, 0.1) is 11.8 Å². The molecule has 2 unspecified atom stereocenters. The van der Waals surface area contributed by atoms with Gasteiger partial charge in [0.15, 0.2) is 0 Å². The monoisotopic (exact) mass is 318 g/mol. The Kier molecular flexibility index (Phi) is 3.52. The molecule has 2 aromatic rings. The molecule has 0 heterocycles. The molecule has 122 valence electrons. The van der Waals surface area contributed by atoms with Gasteiger partial charge in [-0.2, -0.15) is 0 Å². The maximum absolute atomic E-state index is 12.9. The fraction of sp³-hybridized carbons (Fsp3) is 0.333. The summed E-state index contributed by atoms with van der Waals surface area (Å²) in [6.45, 7) is 2.21. The van der Waals surface area contributed by atoms with Crippen LogP contribution in [-0.4, -0.2) is 31.2 Å². The van der Waals surface area contributed by atoms with Gasteiger partial charge in [0.25, 0.3) is 5.91 Å². The molecular formula is C21H22N2O. The fourth-order valence-corrected chi connectivity index (χ4v) is 4.58. The molecule has 3 heteroatoms. The third kappa shape index (κ3) is 2.11. The highest BCUT2D eigenvalue weighted by molar-refractivity contribution is 5.89. The lowest BCUT2D eigenvalue weighted by Crippen LogP contribution is -2.42. The van der Waals surface area contributed by atoms with Crippen molar-refractivity contribution in [1.29, 1.82) is 0 Å². The van der Waals surface area contributed by atoms with Gasteiger partial charge in [-0.25, -0.2) is 4.99 Å². The maximum atomic E-state index is 12.9. The molecule has 2 atom stereocenters. The lowest BCUT2D eigenvalue weighted by molar-refractivity contribution is -0.124. The summed E-state index contributed by atoms with van der Waals surface area (Å²) in [7, 11) is 3.77. The van der Waals surface area contributed by atoms with E-state index in [9.17, 15) is 4.79 Å². The summed E-state index contributed by atoms with van der Waals surface area (Å²) in [5.41, 5.74) is 5.37. The molecule has 2 bridgehead atoms. The number of fused-ring (bicyclic) bond motifs is 1. The number of carbonyl (C=O) groups excluding carboxylic acids is 1. The molecule has 3 aliphatic rings. The summed E-state index contributed by atoms with van der Waals surface area (Å²) in [5, 5.41) is 0. The fourth-order valence-electron chi connectivity index (χ4n) is 4.58. The summed E-state index contributed by atoms with van der Waals surface area (Å²) >= 11 is 0. The van der Waals surface area contributed by atoms with E-state index in [1.54, 1.807) is 6.34 Å². The summed E-state index contributed by atoms with van der Waals surface area (Å²) in [6.07, 6.45) is 1.62. The van der Waals surface area contributed by atoms with Crippen molar-refractivity contribution in [3.63, 3.8) is 0 Å². The van der Waals surface area contributed by atoms with Gasteiger partial charge in [-0.3, -0.25) is 4.79 Å². The summed E-state index contributed by atoms with van der Waals surface area (Å²) < 4.78 is 0. The van der Waals surface area contributed by atoms with Crippen molar-refractivity contribution in [2.75, 3.05) is 14.1 Å². The van der Waals surface area contributed by atoms with Crippen LogP contribution in [0.5, 0.6) is 0 Å². The van der Waals surface area contributed by atoms with Crippen molar-refractivity contribution in [1.82, 2.24) is 4.90 Å². The smallest absolute Gasteiger partial charge is 0.251 e. The maximum Gasteiger partial charge on any atom is 0.251 e. The Morgan fingerprint density at radius 2 is 1.38 bits per heavy atom. The van der Waals surface area contributed by atoms with E-state index in [0.29, 0.717) is 0 Å². The molecule has 3 nitrogen and oxygen atoms in total. The minimum Gasteiger partial charge on any atom is -0.369 e. The molecule has 0 radical (unpaired) electrons. The Bertz CT molecular complexity index is 777. The number of hydrogen-bond donors (Lipinski definition) is 0. The van der Waals surface area contributed by atoms with Gasteiger partial charge in [-0.15, -0.1) is 0 Å². The standard InChI is InChI=1S/C21H22N2O/c1-13-18-14-8-4-6-10-16(14)20(17-11-7-5-9-15(17)18)19(13)21(24)22-12-23(2)3/h4-13,18-20H,1-3H3. The SMILES string of the molecule is CC1C2c3ccccc3C(c3ccccc32)C1C(=O)N=CN(C)C. The number of rotatable bonds is 2. The van der Waals surface area contributed by atoms with Crippen LogP contribution in [0.15, 0.2) is 53.5 Å². The summed E-state index contributed by atoms with van der Waals surface area (Å²) in [4.78, 5) is 18.9. The zero-order valence-corrected chi connectivity index (χ0v) is 14.3. The van der Waals surface area contributed by atoms with Crippen molar-refractivity contribution in [2.45, 2.75) is 18.8 Å². The van der Waals surface area contributed by atoms with Crippen LogP contribution >= 0.6 is 0 Å². The highest BCUT2D eigenvalue weighted by Gasteiger charge is 2.50. The third-order valence-corrected chi connectivity index (χ3v) is 5.48. The van der Waals surface area contributed by atoms with Crippen LogP contribution < -0.4 is 0 Å². The molecule has 3 aliphatic carbocycles. The molecule has 0 saturated carbocycles. The Hall–Kier alpha value is -2.42. The predicted octanol–water partition coefficient (Wildman–Crippen LogP) is 3.65. The van der Waals surface area contributed by atoms with Gasteiger partial charge >= 0.3 is 0 Å². The highest BCUT2D eigenvalue weighted by Crippen LogP contribution is 2.58. The summed E-state index contributed by atoms with van der Waals surface area (Å²) in [5.74, 6) is 0.563. The minimum atomic E-state index is -0.0870. The predicted molar refractivity (Wildman–Crippen MR) is 96.4 cm³/mol. The van der Waals surface area contributed by atoms with Gasteiger partial charge in [0.05, 0.1) is 12.3 Å². The largest absolute Gasteiger partial charge is 0.369 e.